The molecule has 0 saturated carbocycles. The zero-order chi connectivity index (χ0) is 15.7. The third-order valence-corrected chi connectivity index (χ3v) is 4.45. The summed E-state index contributed by atoms with van der Waals surface area (Å²) in [5.41, 5.74) is 3.19. The number of pyridine rings is 1. The first kappa shape index (κ1) is 16.3. The molecule has 1 atom stereocenters. The van der Waals surface area contributed by atoms with Crippen LogP contribution in [-0.2, 0) is 6.54 Å². The van der Waals surface area contributed by atoms with E-state index in [1.165, 1.54) is 17.7 Å². The fourth-order valence-electron chi connectivity index (χ4n) is 2.90. The summed E-state index contributed by atoms with van der Waals surface area (Å²) >= 11 is 0. The zero-order valence-corrected chi connectivity index (χ0v) is 14.5. The number of aromatic nitrogens is 1. The highest BCUT2D eigenvalue weighted by Crippen LogP contribution is 2.36. The molecule has 1 fully saturated rings. The Labute approximate surface area is 130 Å². The van der Waals surface area contributed by atoms with Crippen molar-refractivity contribution in [2.24, 2.45) is 11.3 Å². The van der Waals surface area contributed by atoms with Gasteiger partial charge in [-0.1, -0.05) is 20.8 Å². The summed E-state index contributed by atoms with van der Waals surface area (Å²) in [6.07, 6.45) is 5.22. The molecule has 1 N–H and O–H groups in total. The van der Waals surface area contributed by atoms with Crippen LogP contribution in [0.25, 0.3) is 0 Å². The Morgan fingerprint density at radius 3 is 2.52 bits per heavy atom. The van der Waals surface area contributed by atoms with Crippen LogP contribution in [0.2, 0.25) is 0 Å². The lowest BCUT2D eigenvalue weighted by Crippen LogP contribution is -2.35. The van der Waals surface area contributed by atoms with Gasteiger partial charge in [-0.05, 0) is 50.2 Å². The van der Waals surface area contributed by atoms with Gasteiger partial charge < -0.3 is 10.2 Å². The van der Waals surface area contributed by atoms with E-state index in [1.807, 2.05) is 12.4 Å². The van der Waals surface area contributed by atoms with Gasteiger partial charge in [-0.3, -0.25) is 4.98 Å². The molecular formula is C18H31N3. The molecule has 3 nitrogen and oxygen atoms in total. The first-order valence-corrected chi connectivity index (χ1v) is 8.10. The fourth-order valence-corrected chi connectivity index (χ4v) is 2.90. The highest BCUT2D eigenvalue weighted by molar-refractivity contribution is 5.52. The standard InChI is InChI=1S/C18H31N3/c1-17(2,3)15-8-10-21(13-15)16-12-19-9-7-14(16)11-20-18(4,5)6/h7,9,12,15,20H,8,10-11,13H2,1-6H3. The summed E-state index contributed by atoms with van der Waals surface area (Å²) in [4.78, 5) is 6.87. The molecule has 21 heavy (non-hydrogen) atoms. The largest absolute Gasteiger partial charge is 0.370 e. The number of hydrogen-bond donors (Lipinski definition) is 1. The molecule has 118 valence electrons. The predicted octanol–water partition coefficient (Wildman–Crippen LogP) is 3.84. The van der Waals surface area contributed by atoms with Crippen molar-refractivity contribution >= 4 is 5.69 Å². The van der Waals surface area contributed by atoms with Crippen LogP contribution in [-0.4, -0.2) is 23.6 Å². The second-order valence-electron chi connectivity index (χ2n) is 8.41. The summed E-state index contributed by atoms with van der Waals surface area (Å²) in [5, 5.41) is 3.59. The molecule has 2 heterocycles. The van der Waals surface area contributed by atoms with Crippen LogP contribution < -0.4 is 10.2 Å². The predicted molar refractivity (Wildman–Crippen MR) is 90.6 cm³/mol. The molecule has 0 aliphatic carbocycles. The van der Waals surface area contributed by atoms with E-state index in [1.54, 1.807) is 0 Å². The summed E-state index contributed by atoms with van der Waals surface area (Å²) in [7, 11) is 0. The molecule has 0 spiro atoms. The molecule has 1 aliphatic rings. The van der Waals surface area contributed by atoms with Gasteiger partial charge in [0.05, 0.1) is 11.9 Å². The molecule has 3 heteroatoms. The summed E-state index contributed by atoms with van der Waals surface area (Å²) < 4.78 is 0. The minimum Gasteiger partial charge on any atom is -0.370 e. The van der Waals surface area contributed by atoms with Crippen molar-refractivity contribution in [3.63, 3.8) is 0 Å². The van der Waals surface area contributed by atoms with Crippen LogP contribution in [0.3, 0.4) is 0 Å². The quantitative estimate of drug-likeness (QED) is 0.916. The average Bonchev–Trinajstić information content (AvgIpc) is 2.85. The molecule has 0 aromatic carbocycles. The van der Waals surface area contributed by atoms with Crippen molar-refractivity contribution in [3.05, 3.63) is 24.0 Å². The first-order valence-electron chi connectivity index (χ1n) is 8.10. The van der Waals surface area contributed by atoms with Crippen LogP contribution in [0.15, 0.2) is 18.5 Å². The molecule has 1 unspecified atom stereocenters. The third kappa shape index (κ3) is 4.44. The van der Waals surface area contributed by atoms with Crippen LogP contribution in [0.4, 0.5) is 5.69 Å². The van der Waals surface area contributed by atoms with Crippen molar-refractivity contribution in [1.29, 1.82) is 0 Å². The lowest BCUT2D eigenvalue weighted by Gasteiger charge is -2.28. The molecular weight excluding hydrogens is 258 g/mol. The Kier molecular flexibility index (Phi) is 4.62. The molecule has 1 aliphatic heterocycles. The van der Waals surface area contributed by atoms with Gasteiger partial charge in [0.2, 0.25) is 0 Å². The molecule has 0 bridgehead atoms. The molecule has 0 amide bonds. The van der Waals surface area contributed by atoms with E-state index in [2.05, 4.69) is 62.8 Å². The zero-order valence-electron chi connectivity index (χ0n) is 14.5. The van der Waals surface area contributed by atoms with Crippen LogP contribution >= 0.6 is 0 Å². The van der Waals surface area contributed by atoms with E-state index in [0.717, 1.165) is 25.6 Å². The number of anilines is 1. The number of nitrogens with zero attached hydrogens (tertiary/aromatic N) is 2. The van der Waals surface area contributed by atoms with Gasteiger partial charge in [0, 0.05) is 31.4 Å². The van der Waals surface area contributed by atoms with Crippen LogP contribution in [0, 0.1) is 11.3 Å². The second-order valence-corrected chi connectivity index (χ2v) is 8.41. The Bertz CT molecular complexity index is 468. The van der Waals surface area contributed by atoms with Crippen molar-refractivity contribution in [2.45, 2.75) is 60.0 Å². The van der Waals surface area contributed by atoms with Gasteiger partial charge in [-0.25, -0.2) is 0 Å². The number of nitrogens with one attached hydrogen (secondary N) is 1. The summed E-state index contributed by atoms with van der Waals surface area (Å²) in [5.74, 6) is 0.765. The Hall–Kier alpha value is -1.09. The monoisotopic (exact) mass is 289 g/mol. The lowest BCUT2D eigenvalue weighted by atomic mass is 9.80. The van der Waals surface area contributed by atoms with E-state index in [-0.39, 0.29) is 5.54 Å². The van der Waals surface area contributed by atoms with Gasteiger partial charge >= 0.3 is 0 Å². The van der Waals surface area contributed by atoms with Crippen molar-refractivity contribution in [2.75, 3.05) is 18.0 Å². The van der Waals surface area contributed by atoms with Gasteiger partial charge in [0.25, 0.3) is 0 Å². The maximum atomic E-state index is 4.35. The van der Waals surface area contributed by atoms with Crippen molar-refractivity contribution in [3.8, 4) is 0 Å². The Morgan fingerprint density at radius 2 is 1.95 bits per heavy atom. The summed E-state index contributed by atoms with van der Waals surface area (Å²) in [6, 6.07) is 2.15. The van der Waals surface area contributed by atoms with Gasteiger partial charge in [-0.15, -0.1) is 0 Å². The molecule has 0 radical (unpaired) electrons. The lowest BCUT2D eigenvalue weighted by molar-refractivity contribution is 0.263. The van der Waals surface area contributed by atoms with Crippen molar-refractivity contribution < 1.29 is 0 Å². The Balaban J connectivity index is 2.10. The average molecular weight is 289 g/mol. The number of rotatable bonds is 3. The smallest absolute Gasteiger partial charge is 0.0598 e. The molecule has 1 aromatic heterocycles. The van der Waals surface area contributed by atoms with Gasteiger partial charge in [0.1, 0.15) is 0 Å². The van der Waals surface area contributed by atoms with E-state index < -0.39 is 0 Å². The second kappa shape index (κ2) is 5.96. The minimum absolute atomic E-state index is 0.138. The highest BCUT2D eigenvalue weighted by Gasteiger charge is 2.32. The van der Waals surface area contributed by atoms with Crippen LogP contribution in [0.1, 0.15) is 53.5 Å². The van der Waals surface area contributed by atoms with E-state index in [0.29, 0.717) is 5.41 Å². The highest BCUT2D eigenvalue weighted by atomic mass is 15.2. The maximum Gasteiger partial charge on any atom is 0.0598 e. The van der Waals surface area contributed by atoms with Crippen molar-refractivity contribution in [1.82, 2.24) is 10.3 Å². The van der Waals surface area contributed by atoms with E-state index in [9.17, 15) is 0 Å². The van der Waals surface area contributed by atoms with Crippen LogP contribution in [0.5, 0.6) is 0 Å². The minimum atomic E-state index is 0.138. The molecule has 1 saturated heterocycles. The number of hydrogen-bond acceptors (Lipinski definition) is 3. The maximum absolute atomic E-state index is 4.35. The summed E-state index contributed by atoms with van der Waals surface area (Å²) in [6.45, 7) is 16.9. The Morgan fingerprint density at radius 1 is 1.24 bits per heavy atom. The normalized spacial score (nSPS) is 20.1. The topological polar surface area (TPSA) is 28.2 Å². The fraction of sp³-hybridized carbons (Fsp3) is 0.722. The van der Waals surface area contributed by atoms with Gasteiger partial charge in [-0.2, -0.15) is 0 Å². The third-order valence-electron chi connectivity index (χ3n) is 4.45. The van der Waals surface area contributed by atoms with Gasteiger partial charge in [0.15, 0.2) is 0 Å². The molecule has 2 rings (SSSR count). The van der Waals surface area contributed by atoms with E-state index >= 15 is 0 Å². The SMILES string of the molecule is CC(C)(C)NCc1ccncc1N1CCC(C(C)(C)C)C1. The van der Waals surface area contributed by atoms with E-state index in [4.69, 9.17) is 0 Å². The first-order chi connectivity index (χ1) is 9.67. The molecule has 1 aromatic rings.